The normalized spacial score (nSPS) is 15.7. The van der Waals surface area contributed by atoms with Gasteiger partial charge in [-0.25, -0.2) is 0 Å². The fraction of sp³-hybridized carbons (Fsp3) is 1.00. The third-order valence-electron chi connectivity index (χ3n) is 2.76. The van der Waals surface area contributed by atoms with Gasteiger partial charge in [-0.05, 0) is 18.8 Å². The van der Waals surface area contributed by atoms with E-state index in [4.69, 9.17) is 0 Å². The van der Waals surface area contributed by atoms with Gasteiger partial charge in [-0.1, -0.05) is 52.9 Å². The maximum absolute atomic E-state index is 9.65. The minimum atomic E-state index is -0.0493. The molecular formula is C12H26O. The topological polar surface area (TPSA) is 20.2 Å². The van der Waals surface area contributed by atoms with E-state index in [-0.39, 0.29) is 6.10 Å². The standard InChI is InChI=1S/C12H26O/c1-4-6-7-8-9-12(13)10-11(3)5-2/h11-13H,4-10H2,1-3H3. The number of aliphatic hydroxyl groups excluding tert-OH is 1. The zero-order valence-corrected chi connectivity index (χ0v) is 9.55. The Labute approximate surface area is 83.5 Å². The van der Waals surface area contributed by atoms with Crippen LogP contribution in [0, 0.1) is 5.92 Å². The second-order valence-corrected chi connectivity index (χ2v) is 4.25. The second-order valence-electron chi connectivity index (χ2n) is 4.25. The Hall–Kier alpha value is -0.0400. The van der Waals surface area contributed by atoms with Gasteiger partial charge in [0.15, 0.2) is 0 Å². The number of aliphatic hydroxyl groups is 1. The minimum absolute atomic E-state index is 0.0493. The first-order valence-electron chi connectivity index (χ1n) is 5.88. The minimum Gasteiger partial charge on any atom is -0.393 e. The Morgan fingerprint density at radius 3 is 2.31 bits per heavy atom. The first-order chi connectivity index (χ1) is 6.20. The fourth-order valence-corrected chi connectivity index (χ4v) is 1.56. The Bertz CT molecular complexity index is 101. The van der Waals surface area contributed by atoms with Crippen LogP contribution < -0.4 is 0 Å². The van der Waals surface area contributed by atoms with Gasteiger partial charge in [-0.3, -0.25) is 0 Å². The predicted octanol–water partition coefficient (Wildman–Crippen LogP) is 3.75. The van der Waals surface area contributed by atoms with Crippen molar-refractivity contribution in [2.24, 2.45) is 5.92 Å². The molecule has 0 aromatic carbocycles. The molecule has 0 amide bonds. The summed E-state index contributed by atoms with van der Waals surface area (Å²) in [6.45, 7) is 6.62. The number of rotatable bonds is 8. The van der Waals surface area contributed by atoms with Gasteiger partial charge in [-0.2, -0.15) is 0 Å². The molecule has 0 aliphatic rings. The van der Waals surface area contributed by atoms with E-state index in [1.165, 1.54) is 32.1 Å². The highest BCUT2D eigenvalue weighted by Crippen LogP contribution is 2.14. The van der Waals surface area contributed by atoms with E-state index in [0.717, 1.165) is 12.8 Å². The SMILES string of the molecule is CCCCCCC(O)CC(C)CC. The molecule has 2 unspecified atom stereocenters. The Morgan fingerprint density at radius 2 is 1.77 bits per heavy atom. The van der Waals surface area contributed by atoms with Crippen molar-refractivity contribution in [2.75, 3.05) is 0 Å². The van der Waals surface area contributed by atoms with Gasteiger partial charge in [0.2, 0.25) is 0 Å². The smallest absolute Gasteiger partial charge is 0.0542 e. The summed E-state index contributed by atoms with van der Waals surface area (Å²) in [7, 11) is 0. The zero-order chi connectivity index (χ0) is 10.1. The number of hydrogen-bond donors (Lipinski definition) is 1. The van der Waals surface area contributed by atoms with Crippen LogP contribution in [-0.2, 0) is 0 Å². The molecule has 1 N–H and O–H groups in total. The molecule has 0 heterocycles. The summed E-state index contributed by atoms with van der Waals surface area (Å²) in [5.41, 5.74) is 0. The molecule has 0 fully saturated rings. The molecule has 0 saturated carbocycles. The highest BCUT2D eigenvalue weighted by Gasteiger charge is 2.07. The number of unbranched alkanes of at least 4 members (excludes halogenated alkanes) is 3. The van der Waals surface area contributed by atoms with Crippen molar-refractivity contribution in [3.63, 3.8) is 0 Å². The second kappa shape index (κ2) is 8.55. The van der Waals surface area contributed by atoms with Crippen LogP contribution in [0.25, 0.3) is 0 Å². The summed E-state index contributed by atoms with van der Waals surface area (Å²) in [5.74, 6) is 0.682. The molecule has 0 rings (SSSR count). The van der Waals surface area contributed by atoms with Gasteiger partial charge >= 0.3 is 0 Å². The molecule has 13 heavy (non-hydrogen) atoms. The molecule has 0 bridgehead atoms. The van der Waals surface area contributed by atoms with E-state index >= 15 is 0 Å². The van der Waals surface area contributed by atoms with Gasteiger partial charge in [0, 0.05) is 0 Å². The maximum atomic E-state index is 9.65. The van der Waals surface area contributed by atoms with Crippen molar-refractivity contribution in [2.45, 2.75) is 71.8 Å². The molecule has 0 aliphatic heterocycles. The Balaban J connectivity index is 3.24. The van der Waals surface area contributed by atoms with E-state index in [1.54, 1.807) is 0 Å². The van der Waals surface area contributed by atoms with Crippen LogP contribution in [0.5, 0.6) is 0 Å². The quantitative estimate of drug-likeness (QED) is 0.572. The summed E-state index contributed by atoms with van der Waals surface area (Å²) >= 11 is 0. The molecule has 0 aromatic heterocycles. The van der Waals surface area contributed by atoms with Gasteiger partial charge in [-0.15, -0.1) is 0 Å². The average molecular weight is 186 g/mol. The van der Waals surface area contributed by atoms with Gasteiger partial charge in [0.05, 0.1) is 6.10 Å². The molecule has 0 aliphatic carbocycles. The van der Waals surface area contributed by atoms with E-state index < -0.39 is 0 Å². The van der Waals surface area contributed by atoms with Gasteiger partial charge in [0.25, 0.3) is 0 Å². The highest BCUT2D eigenvalue weighted by molar-refractivity contribution is 4.60. The summed E-state index contributed by atoms with van der Waals surface area (Å²) in [4.78, 5) is 0. The van der Waals surface area contributed by atoms with Crippen LogP contribution in [0.3, 0.4) is 0 Å². The molecule has 2 atom stereocenters. The zero-order valence-electron chi connectivity index (χ0n) is 9.55. The lowest BCUT2D eigenvalue weighted by Crippen LogP contribution is -2.10. The summed E-state index contributed by atoms with van der Waals surface area (Å²) in [5, 5.41) is 9.65. The Morgan fingerprint density at radius 1 is 1.08 bits per heavy atom. The molecule has 1 nitrogen and oxygen atoms in total. The third kappa shape index (κ3) is 8.29. The largest absolute Gasteiger partial charge is 0.393 e. The van der Waals surface area contributed by atoms with Crippen LogP contribution in [0.2, 0.25) is 0 Å². The van der Waals surface area contributed by atoms with Crippen LogP contribution in [0.4, 0.5) is 0 Å². The van der Waals surface area contributed by atoms with Crippen molar-refractivity contribution in [3.05, 3.63) is 0 Å². The molecule has 0 saturated heterocycles. The summed E-state index contributed by atoms with van der Waals surface area (Å²) in [6, 6.07) is 0. The summed E-state index contributed by atoms with van der Waals surface area (Å²) in [6.07, 6.45) is 8.21. The predicted molar refractivity (Wildman–Crippen MR) is 58.8 cm³/mol. The van der Waals surface area contributed by atoms with Crippen LogP contribution in [-0.4, -0.2) is 11.2 Å². The first-order valence-corrected chi connectivity index (χ1v) is 5.88. The van der Waals surface area contributed by atoms with Gasteiger partial charge in [0.1, 0.15) is 0 Å². The molecular weight excluding hydrogens is 160 g/mol. The van der Waals surface area contributed by atoms with Crippen molar-refractivity contribution < 1.29 is 5.11 Å². The maximum Gasteiger partial charge on any atom is 0.0542 e. The molecule has 1 heteroatoms. The van der Waals surface area contributed by atoms with Crippen molar-refractivity contribution >= 4 is 0 Å². The average Bonchev–Trinajstić information content (AvgIpc) is 2.12. The molecule has 0 aromatic rings. The molecule has 0 radical (unpaired) electrons. The number of hydrogen-bond acceptors (Lipinski definition) is 1. The van der Waals surface area contributed by atoms with E-state index in [9.17, 15) is 5.11 Å². The first kappa shape index (κ1) is 13.0. The monoisotopic (exact) mass is 186 g/mol. The van der Waals surface area contributed by atoms with Crippen LogP contribution >= 0.6 is 0 Å². The Kier molecular flexibility index (Phi) is 8.53. The van der Waals surface area contributed by atoms with Crippen molar-refractivity contribution in [1.82, 2.24) is 0 Å². The lowest BCUT2D eigenvalue weighted by Gasteiger charge is -2.14. The van der Waals surface area contributed by atoms with Gasteiger partial charge < -0.3 is 5.11 Å². The van der Waals surface area contributed by atoms with Crippen LogP contribution in [0.1, 0.15) is 65.7 Å². The lowest BCUT2D eigenvalue weighted by molar-refractivity contribution is 0.132. The summed E-state index contributed by atoms with van der Waals surface area (Å²) < 4.78 is 0. The van der Waals surface area contributed by atoms with E-state index in [2.05, 4.69) is 20.8 Å². The van der Waals surface area contributed by atoms with E-state index in [0.29, 0.717) is 5.92 Å². The van der Waals surface area contributed by atoms with E-state index in [1.807, 2.05) is 0 Å². The van der Waals surface area contributed by atoms with Crippen LogP contribution in [0.15, 0.2) is 0 Å². The molecule has 80 valence electrons. The molecule has 0 spiro atoms. The van der Waals surface area contributed by atoms with Crippen molar-refractivity contribution in [1.29, 1.82) is 0 Å². The fourth-order valence-electron chi connectivity index (χ4n) is 1.56. The third-order valence-corrected chi connectivity index (χ3v) is 2.76. The highest BCUT2D eigenvalue weighted by atomic mass is 16.3. The van der Waals surface area contributed by atoms with Crippen molar-refractivity contribution in [3.8, 4) is 0 Å². The lowest BCUT2D eigenvalue weighted by atomic mass is 9.97.